The number of fused-ring (bicyclic) bond motifs is 1. The summed E-state index contributed by atoms with van der Waals surface area (Å²) in [7, 11) is 0. The molecule has 2 aromatic heterocycles. The summed E-state index contributed by atoms with van der Waals surface area (Å²) in [6, 6.07) is 26.5. The lowest BCUT2D eigenvalue weighted by molar-refractivity contribution is -0.605. The highest BCUT2D eigenvalue weighted by Gasteiger charge is 2.30. The third-order valence-corrected chi connectivity index (χ3v) is 6.96. The summed E-state index contributed by atoms with van der Waals surface area (Å²) in [4.78, 5) is 13.3. The Morgan fingerprint density at radius 3 is 2.45 bits per heavy atom. The number of amides is 1. The largest absolute Gasteiger partial charge is 0.619 e. The van der Waals surface area contributed by atoms with Crippen molar-refractivity contribution in [2.45, 2.75) is 38.8 Å². The monoisotopic (exact) mass is 506 g/mol. The van der Waals surface area contributed by atoms with Crippen LogP contribution in [0.1, 0.15) is 52.1 Å². The molecule has 5 rings (SSSR count). The molecule has 0 saturated heterocycles. The Morgan fingerprint density at radius 2 is 1.74 bits per heavy atom. The Labute approximate surface area is 221 Å². The minimum atomic E-state index is -1.42. The fraction of sp³-hybridized carbons (Fsp3) is 0.188. The van der Waals surface area contributed by atoms with Crippen LogP contribution in [0, 0.1) is 19.1 Å². The number of aromatic nitrogens is 1. The Bertz CT molecular complexity index is 1590. The fourth-order valence-corrected chi connectivity index (χ4v) is 4.86. The predicted molar refractivity (Wildman–Crippen MR) is 146 cm³/mol. The summed E-state index contributed by atoms with van der Waals surface area (Å²) in [6.07, 6.45) is 2.87. The normalized spacial score (nSPS) is 13.7. The van der Waals surface area contributed by atoms with Crippen molar-refractivity contribution in [1.29, 1.82) is 0 Å². The van der Waals surface area contributed by atoms with Gasteiger partial charge >= 0.3 is 0 Å². The SMILES string of the molecule is Cc1ccc(C(NC(=O)Cc2ccc3oc(C(C)(O)c4cc[n+]([O-])cc4)cc3c2)c2ccccc2)c(C)c1. The van der Waals surface area contributed by atoms with E-state index in [4.69, 9.17) is 4.42 Å². The number of aliphatic hydroxyl groups is 1. The molecule has 5 aromatic rings. The molecule has 0 radical (unpaired) electrons. The van der Waals surface area contributed by atoms with E-state index >= 15 is 0 Å². The Morgan fingerprint density at radius 1 is 1.00 bits per heavy atom. The van der Waals surface area contributed by atoms with Gasteiger partial charge in [-0.2, -0.15) is 4.73 Å². The van der Waals surface area contributed by atoms with E-state index in [1.54, 1.807) is 25.1 Å². The zero-order chi connectivity index (χ0) is 26.9. The van der Waals surface area contributed by atoms with Crippen LogP contribution in [0.15, 0.2) is 102 Å². The van der Waals surface area contributed by atoms with E-state index in [1.165, 1.54) is 18.0 Å². The fourth-order valence-electron chi connectivity index (χ4n) is 4.86. The van der Waals surface area contributed by atoms with Gasteiger partial charge < -0.3 is 20.0 Å². The lowest BCUT2D eigenvalue weighted by Crippen LogP contribution is -2.31. The summed E-state index contributed by atoms with van der Waals surface area (Å²) in [6.45, 7) is 5.75. The maximum atomic E-state index is 13.3. The van der Waals surface area contributed by atoms with Crippen LogP contribution in [0.4, 0.5) is 0 Å². The van der Waals surface area contributed by atoms with Crippen molar-refractivity contribution in [2.24, 2.45) is 0 Å². The van der Waals surface area contributed by atoms with E-state index in [2.05, 4.69) is 37.4 Å². The summed E-state index contributed by atoms with van der Waals surface area (Å²) in [5, 5.41) is 26.6. The minimum Gasteiger partial charge on any atom is -0.619 e. The third-order valence-electron chi connectivity index (χ3n) is 6.96. The highest BCUT2D eigenvalue weighted by Crippen LogP contribution is 2.33. The van der Waals surface area contributed by atoms with Gasteiger partial charge in [0.2, 0.25) is 5.91 Å². The third kappa shape index (κ3) is 5.17. The van der Waals surface area contributed by atoms with E-state index in [0.717, 1.165) is 27.6 Å². The Balaban J connectivity index is 1.38. The molecule has 1 amide bonds. The molecule has 0 aliphatic heterocycles. The Hall–Kier alpha value is -4.42. The van der Waals surface area contributed by atoms with Gasteiger partial charge in [-0.25, -0.2) is 0 Å². The first-order valence-electron chi connectivity index (χ1n) is 12.6. The van der Waals surface area contributed by atoms with Crippen LogP contribution in [-0.4, -0.2) is 11.0 Å². The first-order valence-corrected chi connectivity index (χ1v) is 12.6. The van der Waals surface area contributed by atoms with Crippen molar-refractivity contribution in [1.82, 2.24) is 5.32 Å². The van der Waals surface area contributed by atoms with Crippen LogP contribution < -0.4 is 10.0 Å². The van der Waals surface area contributed by atoms with Crippen molar-refractivity contribution in [3.63, 3.8) is 0 Å². The van der Waals surface area contributed by atoms with Crippen LogP contribution in [-0.2, 0) is 16.8 Å². The molecule has 6 nitrogen and oxygen atoms in total. The molecule has 0 aliphatic carbocycles. The molecule has 0 fully saturated rings. The van der Waals surface area contributed by atoms with Crippen LogP contribution in [0.3, 0.4) is 0 Å². The number of hydrogen-bond donors (Lipinski definition) is 2. The van der Waals surface area contributed by atoms with Crippen molar-refractivity contribution in [3.05, 3.63) is 142 Å². The number of nitrogens with one attached hydrogen (secondary N) is 1. The van der Waals surface area contributed by atoms with Crippen LogP contribution >= 0.6 is 0 Å². The first-order chi connectivity index (χ1) is 18.2. The van der Waals surface area contributed by atoms with Gasteiger partial charge in [0, 0.05) is 23.1 Å². The number of rotatable bonds is 7. The van der Waals surface area contributed by atoms with E-state index in [0.29, 0.717) is 21.6 Å². The molecule has 38 heavy (non-hydrogen) atoms. The number of carbonyl (C=O) groups is 1. The molecule has 2 unspecified atom stereocenters. The minimum absolute atomic E-state index is 0.0934. The zero-order valence-electron chi connectivity index (χ0n) is 21.6. The second-order valence-corrected chi connectivity index (χ2v) is 9.95. The molecule has 192 valence electrons. The van der Waals surface area contributed by atoms with Crippen LogP contribution in [0.5, 0.6) is 0 Å². The van der Waals surface area contributed by atoms with E-state index in [-0.39, 0.29) is 18.4 Å². The molecule has 6 heteroatoms. The highest BCUT2D eigenvalue weighted by atomic mass is 16.5. The number of benzene rings is 3. The van der Waals surface area contributed by atoms with Crippen molar-refractivity contribution in [2.75, 3.05) is 0 Å². The number of aryl methyl sites for hydroxylation is 2. The van der Waals surface area contributed by atoms with E-state index < -0.39 is 5.60 Å². The topological polar surface area (TPSA) is 89.4 Å². The summed E-state index contributed by atoms with van der Waals surface area (Å²) in [5.74, 6) is 0.265. The van der Waals surface area contributed by atoms with Gasteiger partial charge in [0.05, 0.1) is 12.5 Å². The molecular formula is C32H30N2O4. The van der Waals surface area contributed by atoms with Crippen LogP contribution in [0.2, 0.25) is 0 Å². The lowest BCUT2D eigenvalue weighted by atomic mass is 9.93. The van der Waals surface area contributed by atoms with E-state index in [1.807, 2.05) is 48.5 Å². The molecule has 2 heterocycles. The molecule has 2 atom stereocenters. The number of pyridine rings is 1. The summed E-state index contributed by atoms with van der Waals surface area (Å²) < 4.78 is 6.61. The van der Waals surface area contributed by atoms with Crippen molar-refractivity contribution >= 4 is 16.9 Å². The number of nitrogens with zero attached hydrogens (tertiary/aromatic N) is 1. The molecule has 0 spiro atoms. The van der Waals surface area contributed by atoms with Gasteiger partial charge in [0.1, 0.15) is 16.9 Å². The molecule has 0 saturated carbocycles. The standard InChI is InChI=1S/C32H30N2O4/c1-21-9-11-27(22(2)17-21)31(24-7-5-4-6-8-24)33-30(35)19-23-10-12-28-25(18-23)20-29(38-28)32(3,36)26-13-15-34(37)16-14-26/h4-18,20,31,36H,19H2,1-3H3,(H,33,35). The van der Waals surface area contributed by atoms with Crippen LogP contribution in [0.25, 0.3) is 11.0 Å². The molecule has 0 aliphatic rings. The van der Waals surface area contributed by atoms with Gasteiger partial charge in [0.25, 0.3) is 0 Å². The lowest BCUT2D eigenvalue weighted by Gasteiger charge is -2.22. The van der Waals surface area contributed by atoms with Gasteiger partial charge in [0.15, 0.2) is 12.4 Å². The quantitative estimate of drug-likeness (QED) is 0.229. The summed E-state index contributed by atoms with van der Waals surface area (Å²) >= 11 is 0. The van der Waals surface area contributed by atoms with Gasteiger partial charge in [-0.15, -0.1) is 0 Å². The number of carbonyl (C=O) groups excluding carboxylic acids is 1. The average molecular weight is 507 g/mol. The average Bonchev–Trinajstić information content (AvgIpc) is 3.33. The van der Waals surface area contributed by atoms with Crippen molar-refractivity contribution in [3.8, 4) is 0 Å². The number of hydrogen-bond acceptors (Lipinski definition) is 4. The zero-order valence-corrected chi connectivity index (χ0v) is 21.6. The number of furan rings is 1. The maximum absolute atomic E-state index is 13.3. The first kappa shape index (κ1) is 25.2. The van der Waals surface area contributed by atoms with Crippen molar-refractivity contribution < 1.29 is 19.0 Å². The Kier molecular flexibility index (Phi) is 6.74. The van der Waals surface area contributed by atoms with Gasteiger partial charge in [-0.3, -0.25) is 4.79 Å². The summed E-state index contributed by atoms with van der Waals surface area (Å²) in [5.41, 5.74) is 4.96. The maximum Gasteiger partial charge on any atom is 0.225 e. The van der Waals surface area contributed by atoms with Gasteiger partial charge in [-0.05, 0) is 61.2 Å². The molecule has 3 aromatic carbocycles. The van der Waals surface area contributed by atoms with Gasteiger partial charge in [-0.1, -0.05) is 60.2 Å². The predicted octanol–water partition coefficient (Wildman–Crippen LogP) is 5.39. The van der Waals surface area contributed by atoms with E-state index in [9.17, 15) is 15.1 Å². The second kappa shape index (κ2) is 10.1. The second-order valence-electron chi connectivity index (χ2n) is 9.95. The molecular weight excluding hydrogens is 476 g/mol. The smallest absolute Gasteiger partial charge is 0.225 e. The molecule has 0 bridgehead atoms. The molecule has 2 N–H and O–H groups in total. The highest BCUT2D eigenvalue weighted by molar-refractivity contribution is 5.83.